The van der Waals surface area contributed by atoms with Crippen LogP contribution in [-0.2, 0) is 0 Å². The highest BCUT2D eigenvalue weighted by atomic mass is 15.3. The molecule has 0 radical (unpaired) electrons. The van der Waals surface area contributed by atoms with Crippen molar-refractivity contribution in [3.8, 4) is 22.3 Å². The lowest BCUT2D eigenvalue weighted by atomic mass is 9.54. The summed E-state index contributed by atoms with van der Waals surface area (Å²) < 4.78 is 0. The van der Waals surface area contributed by atoms with Gasteiger partial charge >= 0.3 is 6.98 Å². The summed E-state index contributed by atoms with van der Waals surface area (Å²) in [6, 6.07) is 36.1. The van der Waals surface area contributed by atoms with E-state index in [0.29, 0.717) is 0 Å². The normalized spacial score (nSPS) is 13.3. The van der Waals surface area contributed by atoms with Gasteiger partial charge in [-0.3, -0.25) is 0 Å². The molecule has 33 heavy (non-hydrogen) atoms. The zero-order chi connectivity index (χ0) is 21.8. The molecule has 7 rings (SSSR count). The number of aromatic nitrogens is 2. The maximum absolute atomic E-state index is 4.89. The van der Waals surface area contributed by atoms with Gasteiger partial charge < -0.3 is 9.62 Å². The quantitative estimate of drug-likeness (QED) is 0.336. The number of nitrogens with zero attached hydrogens (tertiary/aromatic N) is 4. The Morgan fingerprint density at radius 1 is 0.455 bits per heavy atom. The van der Waals surface area contributed by atoms with E-state index >= 15 is 0 Å². The molecule has 0 atom stereocenters. The molecule has 5 heteroatoms. The van der Waals surface area contributed by atoms with Gasteiger partial charge in [-0.15, -0.1) is 0 Å². The standard InChI is InChI=1S/C28H19BN4/c1-3-10-20(11-4-1)32-27-24(16-8-18-30-27)22-14-7-15-23-25-17-9-19-31-28(25)33(29(32)26(22)23)21-12-5-2-6-13-21/h1-19H. The van der Waals surface area contributed by atoms with E-state index in [1.807, 2.05) is 24.5 Å². The number of rotatable bonds is 2. The highest BCUT2D eigenvalue weighted by Gasteiger charge is 2.47. The van der Waals surface area contributed by atoms with Crippen molar-refractivity contribution in [1.82, 2.24) is 9.97 Å². The van der Waals surface area contributed by atoms with Crippen molar-refractivity contribution in [3.05, 3.63) is 116 Å². The van der Waals surface area contributed by atoms with Crippen LogP contribution in [0.1, 0.15) is 0 Å². The fourth-order valence-electron chi connectivity index (χ4n) is 5.22. The first-order valence-electron chi connectivity index (χ1n) is 11.1. The number of hydrogen-bond donors (Lipinski definition) is 0. The van der Waals surface area contributed by atoms with Gasteiger partial charge in [0.15, 0.2) is 0 Å². The lowest BCUT2D eigenvalue weighted by molar-refractivity contribution is 1.16. The third-order valence-electron chi connectivity index (χ3n) is 6.53. The van der Waals surface area contributed by atoms with Gasteiger partial charge in [0.05, 0.1) is 0 Å². The summed E-state index contributed by atoms with van der Waals surface area (Å²) in [4.78, 5) is 14.5. The number of para-hydroxylation sites is 2. The summed E-state index contributed by atoms with van der Waals surface area (Å²) in [7, 11) is 0. The number of hydrogen-bond acceptors (Lipinski definition) is 4. The zero-order valence-electron chi connectivity index (χ0n) is 17.8. The second-order valence-electron chi connectivity index (χ2n) is 8.30. The van der Waals surface area contributed by atoms with E-state index in [2.05, 4.69) is 101 Å². The lowest BCUT2D eigenvalue weighted by Crippen LogP contribution is -2.62. The van der Waals surface area contributed by atoms with Crippen LogP contribution in [0, 0.1) is 0 Å². The second kappa shape index (κ2) is 7.07. The topological polar surface area (TPSA) is 32.3 Å². The van der Waals surface area contributed by atoms with E-state index in [9.17, 15) is 0 Å². The van der Waals surface area contributed by atoms with Crippen LogP contribution in [-0.4, -0.2) is 17.0 Å². The largest absolute Gasteiger partial charge is 0.424 e. The molecule has 0 bridgehead atoms. The molecule has 5 aromatic rings. The molecule has 0 saturated heterocycles. The summed E-state index contributed by atoms with van der Waals surface area (Å²) >= 11 is 0. The third-order valence-corrected chi connectivity index (χ3v) is 6.53. The molecule has 0 N–H and O–H groups in total. The highest BCUT2D eigenvalue weighted by Crippen LogP contribution is 2.46. The molecule has 3 aromatic carbocycles. The van der Waals surface area contributed by atoms with Crippen molar-refractivity contribution in [1.29, 1.82) is 0 Å². The van der Waals surface area contributed by atoms with E-state index in [1.54, 1.807) is 0 Å². The zero-order valence-corrected chi connectivity index (χ0v) is 17.8. The molecule has 2 aromatic heterocycles. The van der Waals surface area contributed by atoms with Crippen molar-refractivity contribution < 1.29 is 0 Å². The van der Waals surface area contributed by atoms with Gasteiger partial charge in [0.1, 0.15) is 11.6 Å². The van der Waals surface area contributed by atoms with Gasteiger partial charge in [-0.05, 0) is 65.1 Å². The fourth-order valence-corrected chi connectivity index (χ4v) is 5.22. The van der Waals surface area contributed by atoms with Crippen LogP contribution in [0.15, 0.2) is 116 Å². The predicted octanol–water partition coefficient (Wildman–Crippen LogP) is 5.81. The van der Waals surface area contributed by atoms with Crippen LogP contribution in [0.3, 0.4) is 0 Å². The van der Waals surface area contributed by atoms with Gasteiger partial charge in [0, 0.05) is 34.9 Å². The fraction of sp³-hybridized carbons (Fsp3) is 0. The Labute approximate surface area is 192 Å². The molecular weight excluding hydrogens is 403 g/mol. The molecule has 0 unspecified atom stereocenters. The first kappa shape index (κ1) is 18.2. The number of pyridine rings is 2. The Hall–Kier alpha value is -4.38. The van der Waals surface area contributed by atoms with Gasteiger partial charge in [-0.1, -0.05) is 54.6 Å². The van der Waals surface area contributed by atoms with Crippen LogP contribution < -0.4 is 15.1 Å². The Kier molecular flexibility index (Phi) is 3.90. The average molecular weight is 422 g/mol. The van der Waals surface area contributed by atoms with Crippen molar-refractivity contribution >= 4 is 35.5 Å². The van der Waals surface area contributed by atoms with Crippen LogP contribution >= 0.6 is 0 Å². The molecule has 0 fully saturated rings. The van der Waals surface area contributed by atoms with Crippen molar-refractivity contribution in [3.63, 3.8) is 0 Å². The highest BCUT2D eigenvalue weighted by molar-refractivity contribution is 6.86. The van der Waals surface area contributed by atoms with E-state index in [1.165, 1.54) is 16.6 Å². The molecule has 0 amide bonds. The number of benzene rings is 3. The molecule has 0 spiro atoms. The minimum absolute atomic E-state index is 0.120. The molecule has 2 aliphatic heterocycles. The van der Waals surface area contributed by atoms with Crippen molar-refractivity contribution in [2.75, 3.05) is 9.62 Å². The molecular formula is C28H19BN4. The van der Waals surface area contributed by atoms with Crippen LogP contribution in [0.2, 0.25) is 0 Å². The summed E-state index contributed by atoms with van der Waals surface area (Å²) in [5.41, 5.74) is 8.23. The molecule has 4 nitrogen and oxygen atoms in total. The van der Waals surface area contributed by atoms with E-state index in [4.69, 9.17) is 9.97 Å². The lowest BCUT2D eigenvalue weighted by Gasteiger charge is -2.46. The number of fused-ring (bicyclic) bond motifs is 4. The van der Waals surface area contributed by atoms with E-state index in [-0.39, 0.29) is 6.98 Å². The summed E-state index contributed by atoms with van der Waals surface area (Å²) in [5.74, 6) is 1.91. The third kappa shape index (κ3) is 2.59. The molecule has 154 valence electrons. The monoisotopic (exact) mass is 422 g/mol. The van der Waals surface area contributed by atoms with Crippen molar-refractivity contribution in [2.24, 2.45) is 0 Å². The Balaban J connectivity index is 1.62. The minimum Gasteiger partial charge on any atom is -0.345 e. The van der Waals surface area contributed by atoms with Crippen LogP contribution in [0.25, 0.3) is 22.3 Å². The Morgan fingerprint density at radius 3 is 1.39 bits per heavy atom. The van der Waals surface area contributed by atoms with Gasteiger partial charge in [0.2, 0.25) is 0 Å². The predicted molar refractivity (Wildman–Crippen MR) is 135 cm³/mol. The number of anilines is 4. The SMILES string of the molecule is c1ccc(N2B3c4c(cccc4-c4cccnc4N3c3ccccc3)-c3cccnc32)cc1. The maximum atomic E-state index is 4.89. The van der Waals surface area contributed by atoms with Crippen molar-refractivity contribution in [2.45, 2.75) is 0 Å². The average Bonchev–Trinajstić information content (AvgIpc) is 2.90. The summed E-state index contributed by atoms with van der Waals surface area (Å²) in [6.07, 6.45) is 3.76. The summed E-state index contributed by atoms with van der Waals surface area (Å²) in [5, 5.41) is 0. The first-order chi connectivity index (χ1) is 16.4. The van der Waals surface area contributed by atoms with Gasteiger partial charge in [-0.25, -0.2) is 9.97 Å². The van der Waals surface area contributed by atoms with Gasteiger partial charge in [-0.2, -0.15) is 0 Å². The first-order valence-corrected chi connectivity index (χ1v) is 11.1. The molecule has 2 aliphatic rings. The second-order valence-corrected chi connectivity index (χ2v) is 8.30. The molecule has 0 aliphatic carbocycles. The van der Waals surface area contributed by atoms with E-state index in [0.717, 1.165) is 34.1 Å². The van der Waals surface area contributed by atoms with Gasteiger partial charge in [0.25, 0.3) is 0 Å². The molecule has 0 saturated carbocycles. The minimum atomic E-state index is -0.120. The Morgan fingerprint density at radius 2 is 0.909 bits per heavy atom. The van der Waals surface area contributed by atoms with Crippen LogP contribution in [0.4, 0.5) is 23.0 Å². The van der Waals surface area contributed by atoms with Crippen LogP contribution in [0.5, 0.6) is 0 Å². The smallest absolute Gasteiger partial charge is 0.345 e. The maximum Gasteiger partial charge on any atom is 0.424 e. The molecule has 4 heterocycles. The summed E-state index contributed by atoms with van der Waals surface area (Å²) in [6.45, 7) is -0.120. The van der Waals surface area contributed by atoms with E-state index < -0.39 is 0 Å². The Bertz CT molecular complexity index is 1380.